The maximum atomic E-state index is 6.31. The lowest BCUT2D eigenvalue weighted by atomic mass is 9.97. The van der Waals surface area contributed by atoms with Crippen molar-refractivity contribution >= 4 is 11.6 Å². The van der Waals surface area contributed by atoms with Gasteiger partial charge in [0.2, 0.25) is 0 Å². The van der Waals surface area contributed by atoms with Gasteiger partial charge in [-0.2, -0.15) is 5.10 Å². The summed E-state index contributed by atoms with van der Waals surface area (Å²) in [6, 6.07) is 7.71. The summed E-state index contributed by atoms with van der Waals surface area (Å²) in [5, 5.41) is 7.64. The third-order valence-electron chi connectivity index (χ3n) is 3.59. The molecule has 3 rings (SSSR count). The molecule has 1 fully saturated rings. The van der Waals surface area contributed by atoms with Crippen LogP contribution in [0.5, 0.6) is 5.75 Å². The highest BCUT2D eigenvalue weighted by atomic mass is 35.5. The number of H-pyrrole nitrogens is 1. The van der Waals surface area contributed by atoms with Crippen molar-refractivity contribution in [2.24, 2.45) is 0 Å². The third-order valence-corrected chi connectivity index (χ3v) is 3.91. The SMILES string of the molecule is Clc1cccc(OC2CCCCC2)c1-c1ccn[nH]1. The summed E-state index contributed by atoms with van der Waals surface area (Å²) in [4.78, 5) is 0. The molecule has 19 heavy (non-hydrogen) atoms. The first-order chi connectivity index (χ1) is 9.34. The molecule has 1 heterocycles. The second-order valence-corrected chi connectivity index (χ2v) is 5.37. The molecular formula is C15H17ClN2O. The number of halogens is 1. The monoisotopic (exact) mass is 276 g/mol. The van der Waals surface area contributed by atoms with E-state index in [4.69, 9.17) is 16.3 Å². The first-order valence-electron chi connectivity index (χ1n) is 6.79. The van der Waals surface area contributed by atoms with E-state index in [0.29, 0.717) is 11.1 Å². The van der Waals surface area contributed by atoms with Crippen molar-refractivity contribution in [3.63, 3.8) is 0 Å². The Bertz CT molecular complexity index is 533. The molecule has 0 atom stereocenters. The van der Waals surface area contributed by atoms with E-state index < -0.39 is 0 Å². The van der Waals surface area contributed by atoms with Gasteiger partial charge in [-0.1, -0.05) is 24.1 Å². The van der Waals surface area contributed by atoms with Gasteiger partial charge >= 0.3 is 0 Å². The molecule has 0 spiro atoms. The Balaban J connectivity index is 1.90. The van der Waals surface area contributed by atoms with E-state index in [1.54, 1.807) is 6.20 Å². The van der Waals surface area contributed by atoms with Crippen LogP contribution in [0, 0.1) is 0 Å². The standard InChI is InChI=1S/C15H17ClN2O/c16-12-7-4-8-14(15(12)13-9-10-17-18-13)19-11-5-2-1-3-6-11/h4,7-11H,1-3,5-6H2,(H,17,18). The zero-order valence-corrected chi connectivity index (χ0v) is 11.5. The molecule has 1 N–H and O–H groups in total. The smallest absolute Gasteiger partial charge is 0.130 e. The average Bonchev–Trinajstić information content (AvgIpc) is 2.94. The van der Waals surface area contributed by atoms with Crippen LogP contribution in [0.15, 0.2) is 30.5 Å². The van der Waals surface area contributed by atoms with Crippen LogP contribution in [-0.2, 0) is 0 Å². The van der Waals surface area contributed by atoms with E-state index in [1.807, 2.05) is 24.3 Å². The molecule has 0 bridgehead atoms. The van der Waals surface area contributed by atoms with Gasteiger partial charge in [-0.3, -0.25) is 5.10 Å². The summed E-state index contributed by atoms with van der Waals surface area (Å²) in [6.45, 7) is 0. The molecule has 4 heteroatoms. The van der Waals surface area contributed by atoms with Crippen molar-refractivity contribution in [1.29, 1.82) is 0 Å². The van der Waals surface area contributed by atoms with Crippen LogP contribution in [0.2, 0.25) is 5.02 Å². The second-order valence-electron chi connectivity index (χ2n) is 4.96. The van der Waals surface area contributed by atoms with E-state index >= 15 is 0 Å². The highest BCUT2D eigenvalue weighted by Crippen LogP contribution is 2.37. The zero-order valence-electron chi connectivity index (χ0n) is 10.7. The van der Waals surface area contributed by atoms with Gasteiger partial charge in [-0.25, -0.2) is 0 Å². The number of nitrogens with one attached hydrogen (secondary N) is 1. The quantitative estimate of drug-likeness (QED) is 0.900. The van der Waals surface area contributed by atoms with E-state index in [2.05, 4.69) is 10.2 Å². The molecule has 0 aliphatic heterocycles. The number of hydrogen-bond donors (Lipinski definition) is 1. The van der Waals surface area contributed by atoms with Crippen molar-refractivity contribution in [1.82, 2.24) is 10.2 Å². The maximum absolute atomic E-state index is 6.31. The van der Waals surface area contributed by atoms with Crippen molar-refractivity contribution < 1.29 is 4.74 Å². The van der Waals surface area contributed by atoms with Crippen LogP contribution < -0.4 is 4.74 Å². The summed E-state index contributed by atoms with van der Waals surface area (Å²) >= 11 is 6.31. The van der Waals surface area contributed by atoms with Crippen LogP contribution in [0.25, 0.3) is 11.3 Å². The van der Waals surface area contributed by atoms with Crippen molar-refractivity contribution in [3.8, 4) is 17.0 Å². The first-order valence-corrected chi connectivity index (χ1v) is 7.17. The summed E-state index contributed by atoms with van der Waals surface area (Å²) in [5.41, 5.74) is 1.81. The van der Waals surface area contributed by atoms with Crippen molar-refractivity contribution in [2.45, 2.75) is 38.2 Å². The van der Waals surface area contributed by atoms with Gasteiger partial charge in [-0.15, -0.1) is 0 Å². The van der Waals surface area contributed by atoms with Crippen LogP contribution in [0.1, 0.15) is 32.1 Å². The minimum atomic E-state index is 0.314. The van der Waals surface area contributed by atoms with Gasteiger partial charge in [-0.05, 0) is 43.9 Å². The molecule has 0 saturated heterocycles. The molecule has 1 aliphatic carbocycles. The van der Waals surface area contributed by atoms with Crippen LogP contribution in [0.4, 0.5) is 0 Å². The third kappa shape index (κ3) is 2.76. The van der Waals surface area contributed by atoms with Crippen LogP contribution in [-0.4, -0.2) is 16.3 Å². The Morgan fingerprint density at radius 1 is 1.16 bits per heavy atom. The lowest BCUT2D eigenvalue weighted by Gasteiger charge is -2.24. The molecule has 1 aromatic heterocycles. The summed E-state index contributed by atoms with van der Waals surface area (Å²) in [6.07, 6.45) is 8.14. The largest absolute Gasteiger partial charge is 0.490 e. The van der Waals surface area contributed by atoms with Crippen molar-refractivity contribution in [3.05, 3.63) is 35.5 Å². The van der Waals surface area contributed by atoms with Gasteiger partial charge in [0.25, 0.3) is 0 Å². The maximum Gasteiger partial charge on any atom is 0.130 e. The molecule has 1 aromatic carbocycles. The molecule has 2 aromatic rings. The first kappa shape index (κ1) is 12.5. The van der Waals surface area contributed by atoms with E-state index in [9.17, 15) is 0 Å². The Kier molecular flexibility index (Phi) is 3.74. The summed E-state index contributed by atoms with van der Waals surface area (Å²) < 4.78 is 6.16. The average molecular weight is 277 g/mol. The molecule has 0 amide bonds. The highest BCUT2D eigenvalue weighted by Gasteiger charge is 2.18. The molecule has 0 unspecified atom stereocenters. The van der Waals surface area contributed by atoms with Crippen molar-refractivity contribution in [2.75, 3.05) is 0 Å². The number of hydrogen-bond acceptors (Lipinski definition) is 2. The van der Waals surface area contributed by atoms with Crippen LogP contribution in [0.3, 0.4) is 0 Å². The number of benzene rings is 1. The zero-order chi connectivity index (χ0) is 13.1. The molecule has 100 valence electrons. The molecule has 1 aliphatic rings. The molecule has 3 nitrogen and oxygen atoms in total. The van der Waals surface area contributed by atoms with Gasteiger partial charge in [0, 0.05) is 6.20 Å². The normalized spacial score (nSPS) is 16.5. The fourth-order valence-electron chi connectivity index (χ4n) is 2.62. The Labute approximate surface area is 117 Å². The number of ether oxygens (including phenoxy) is 1. The minimum absolute atomic E-state index is 0.314. The van der Waals surface area contributed by atoms with Gasteiger partial charge < -0.3 is 4.74 Å². The number of nitrogens with zero attached hydrogens (tertiary/aromatic N) is 1. The molecule has 1 saturated carbocycles. The Hall–Kier alpha value is -1.48. The van der Waals surface area contributed by atoms with E-state index in [1.165, 1.54) is 19.3 Å². The fourth-order valence-corrected chi connectivity index (χ4v) is 2.89. The second kappa shape index (κ2) is 5.66. The molecule has 0 radical (unpaired) electrons. The van der Waals surface area contributed by atoms with E-state index in [0.717, 1.165) is 29.8 Å². The van der Waals surface area contributed by atoms with Gasteiger partial charge in [0.05, 0.1) is 22.4 Å². The number of aromatic amines is 1. The highest BCUT2D eigenvalue weighted by molar-refractivity contribution is 6.33. The lowest BCUT2D eigenvalue weighted by molar-refractivity contribution is 0.155. The Morgan fingerprint density at radius 2 is 2.00 bits per heavy atom. The topological polar surface area (TPSA) is 37.9 Å². The number of aromatic nitrogens is 2. The molecular weight excluding hydrogens is 260 g/mol. The Morgan fingerprint density at radius 3 is 2.74 bits per heavy atom. The van der Waals surface area contributed by atoms with Gasteiger partial charge in [0.1, 0.15) is 5.75 Å². The predicted octanol–water partition coefficient (Wildman–Crippen LogP) is 4.44. The van der Waals surface area contributed by atoms with E-state index in [-0.39, 0.29) is 0 Å². The fraction of sp³-hybridized carbons (Fsp3) is 0.400. The predicted molar refractivity (Wildman–Crippen MR) is 76.5 cm³/mol. The minimum Gasteiger partial charge on any atom is -0.490 e. The number of rotatable bonds is 3. The lowest BCUT2D eigenvalue weighted by Crippen LogP contribution is -2.19. The summed E-state index contributed by atoms with van der Waals surface area (Å²) in [7, 11) is 0. The van der Waals surface area contributed by atoms with Gasteiger partial charge in [0.15, 0.2) is 0 Å². The van der Waals surface area contributed by atoms with Crippen LogP contribution >= 0.6 is 11.6 Å². The summed E-state index contributed by atoms with van der Waals surface area (Å²) in [5.74, 6) is 0.851.